The zero-order valence-electron chi connectivity index (χ0n) is 15.0. The predicted molar refractivity (Wildman–Crippen MR) is 106 cm³/mol. The number of nitrogens with zero attached hydrogens (tertiary/aromatic N) is 3. The van der Waals surface area contributed by atoms with Crippen molar-refractivity contribution in [2.75, 3.05) is 44.6 Å². The number of carbonyl (C=O) groups excluding carboxylic acids is 2. The maximum Gasteiger partial charge on any atom is 0.409 e. The van der Waals surface area contributed by atoms with E-state index in [4.69, 9.17) is 5.11 Å². The Bertz CT molecular complexity index is 897. The summed E-state index contributed by atoms with van der Waals surface area (Å²) < 4.78 is 0.924. The van der Waals surface area contributed by atoms with Gasteiger partial charge in [-0.15, -0.1) is 0 Å². The molecule has 0 radical (unpaired) electrons. The maximum atomic E-state index is 12.4. The summed E-state index contributed by atoms with van der Waals surface area (Å²) >= 11 is 3.24. The molecule has 8 nitrogen and oxygen atoms in total. The highest BCUT2D eigenvalue weighted by molar-refractivity contribution is 9.10. The van der Waals surface area contributed by atoms with Gasteiger partial charge in [-0.05, 0) is 24.3 Å². The van der Waals surface area contributed by atoms with Crippen LogP contribution in [0.3, 0.4) is 0 Å². The van der Waals surface area contributed by atoms with E-state index >= 15 is 0 Å². The van der Waals surface area contributed by atoms with E-state index in [0.717, 1.165) is 43.7 Å². The smallest absolute Gasteiger partial charge is 0.409 e. The van der Waals surface area contributed by atoms with Crippen LogP contribution in [0.15, 0.2) is 51.9 Å². The molecular formula is C19H19BrN4O4. The number of anilines is 1. The molecule has 9 heteroatoms. The lowest BCUT2D eigenvalue weighted by atomic mass is 10.0. The number of allylic oxidation sites excluding steroid dienone is 1. The van der Waals surface area contributed by atoms with Gasteiger partial charge in [-0.3, -0.25) is 14.9 Å². The molecule has 28 heavy (non-hydrogen) atoms. The van der Waals surface area contributed by atoms with Gasteiger partial charge >= 0.3 is 6.09 Å². The standard InChI is InChI=1S/C12H13N3O2.C7H6BrNO2/c16-9-7-8(13-1-2-13)12(17)11(15-5-6-15)10(9)14-3-4-14;8-5-1-3-6(4-2-5)9-7(10)11/h7H,1-6H2;1-4,9H,(H,10,11). The van der Waals surface area contributed by atoms with Crippen molar-refractivity contribution in [1.29, 1.82) is 0 Å². The van der Waals surface area contributed by atoms with Crippen molar-refractivity contribution in [3.8, 4) is 0 Å². The SMILES string of the molecule is O=C(O)Nc1ccc(Br)cc1.O=C1C=C(N2CC2)C(=O)C(N2CC2)=C1N1CC1. The molecule has 2 N–H and O–H groups in total. The van der Waals surface area contributed by atoms with Crippen molar-refractivity contribution < 1.29 is 19.5 Å². The van der Waals surface area contributed by atoms with Gasteiger partial charge in [0.25, 0.3) is 0 Å². The van der Waals surface area contributed by atoms with E-state index in [0.29, 0.717) is 22.8 Å². The van der Waals surface area contributed by atoms with Crippen molar-refractivity contribution in [3.63, 3.8) is 0 Å². The maximum absolute atomic E-state index is 12.4. The molecule has 3 fully saturated rings. The number of hydrogen-bond acceptors (Lipinski definition) is 6. The number of nitrogens with one attached hydrogen (secondary N) is 1. The fraction of sp³-hybridized carbons (Fsp3) is 0.316. The number of benzene rings is 1. The minimum absolute atomic E-state index is 0.00546. The van der Waals surface area contributed by atoms with Gasteiger partial charge in [-0.25, -0.2) is 4.79 Å². The first-order chi connectivity index (χ1) is 13.4. The average molecular weight is 447 g/mol. The molecule has 1 aliphatic carbocycles. The molecule has 146 valence electrons. The molecule has 3 heterocycles. The van der Waals surface area contributed by atoms with Crippen LogP contribution in [0.4, 0.5) is 10.5 Å². The van der Waals surface area contributed by atoms with Gasteiger partial charge < -0.3 is 19.8 Å². The Morgan fingerprint density at radius 2 is 1.43 bits per heavy atom. The molecule has 3 saturated heterocycles. The van der Waals surface area contributed by atoms with Gasteiger partial charge in [-0.2, -0.15) is 0 Å². The summed E-state index contributed by atoms with van der Waals surface area (Å²) in [6.07, 6.45) is 0.475. The summed E-state index contributed by atoms with van der Waals surface area (Å²) in [7, 11) is 0. The Morgan fingerprint density at radius 1 is 0.893 bits per heavy atom. The van der Waals surface area contributed by atoms with Crippen molar-refractivity contribution in [1.82, 2.24) is 14.7 Å². The molecule has 0 aromatic heterocycles. The number of ketones is 2. The second-order valence-electron chi connectivity index (χ2n) is 6.82. The van der Waals surface area contributed by atoms with Crippen LogP contribution in [0.2, 0.25) is 0 Å². The van der Waals surface area contributed by atoms with Crippen molar-refractivity contribution >= 4 is 39.3 Å². The van der Waals surface area contributed by atoms with E-state index in [2.05, 4.69) is 21.2 Å². The van der Waals surface area contributed by atoms with E-state index in [9.17, 15) is 14.4 Å². The highest BCUT2D eigenvalue weighted by atomic mass is 79.9. The molecule has 1 aromatic rings. The van der Waals surface area contributed by atoms with Crippen LogP contribution in [0.25, 0.3) is 0 Å². The third-order valence-electron chi connectivity index (χ3n) is 4.58. The minimum Gasteiger partial charge on any atom is -0.465 e. The number of carbonyl (C=O) groups is 3. The quantitative estimate of drug-likeness (QED) is 0.537. The lowest BCUT2D eigenvalue weighted by Crippen LogP contribution is -2.29. The molecule has 0 spiro atoms. The largest absolute Gasteiger partial charge is 0.465 e. The summed E-state index contributed by atoms with van der Waals surface area (Å²) in [5.41, 5.74) is 2.46. The first kappa shape index (κ1) is 18.5. The lowest BCUT2D eigenvalue weighted by Gasteiger charge is -2.21. The van der Waals surface area contributed by atoms with Crippen LogP contribution in [0.1, 0.15) is 0 Å². The second-order valence-corrected chi connectivity index (χ2v) is 7.73. The molecule has 1 amide bonds. The summed E-state index contributed by atoms with van der Waals surface area (Å²) in [5.74, 6) is 0.0485. The fourth-order valence-corrected chi connectivity index (χ4v) is 3.20. The van der Waals surface area contributed by atoms with Crippen LogP contribution < -0.4 is 5.32 Å². The average Bonchev–Trinajstić information content (AvgIpc) is 3.49. The number of carboxylic acid groups (broad SMARTS) is 1. The normalized spacial score (nSPS) is 19.8. The van der Waals surface area contributed by atoms with Gasteiger partial charge in [0, 0.05) is 55.5 Å². The molecule has 1 aromatic carbocycles. The van der Waals surface area contributed by atoms with Crippen LogP contribution in [0.5, 0.6) is 0 Å². The Balaban J connectivity index is 0.000000153. The molecule has 3 aliphatic heterocycles. The summed E-state index contributed by atoms with van der Waals surface area (Å²) in [6.45, 7) is 5.41. The van der Waals surface area contributed by atoms with Gasteiger partial charge in [0.2, 0.25) is 11.6 Å². The Kier molecular flexibility index (Phi) is 4.84. The molecule has 0 bridgehead atoms. The first-order valence-electron chi connectivity index (χ1n) is 8.99. The minimum atomic E-state index is -1.05. The lowest BCUT2D eigenvalue weighted by molar-refractivity contribution is -0.117. The Labute approximate surface area is 170 Å². The number of halogens is 1. The number of hydrogen-bond donors (Lipinski definition) is 2. The van der Waals surface area contributed by atoms with E-state index in [-0.39, 0.29) is 11.6 Å². The first-order valence-corrected chi connectivity index (χ1v) is 9.78. The monoisotopic (exact) mass is 446 g/mol. The number of rotatable bonds is 4. The van der Waals surface area contributed by atoms with E-state index in [1.807, 2.05) is 14.7 Å². The summed E-state index contributed by atoms with van der Waals surface area (Å²) in [6, 6.07) is 6.90. The van der Waals surface area contributed by atoms with E-state index in [1.54, 1.807) is 24.3 Å². The van der Waals surface area contributed by atoms with Crippen molar-refractivity contribution in [2.45, 2.75) is 0 Å². The summed E-state index contributed by atoms with van der Waals surface area (Å²) in [4.78, 5) is 40.6. The van der Waals surface area contributed by atoms with E-state index < -0.39 is 6.09 Å². The molecular weight excluding hydrogens is 428 g/mol. The zero-order valence-corrected chi connectivity index (χ0v) is 16.6. The molecule has 5 rings (SSSR count). The Morgan fingerprint density at radius 3 is 1.93 bits per heavy atom. The van der Waals surface area contributed by atoms with Crippen LogP contribution in [-0.4, -0.2) is 76.7 Å². The molecule has 0 unspecified atom stereocenters. The number of amides is 1. The van der Waals surface area contributed by atoms with E-state index in [1.165, 1.54) is 6.08 Å². The third kappa shape index (κ3) is 4.19. The van der Waals surface area contributed by atoms with Gasteiger partial charge in [0.1, 0.15) is 11.4 Å². The second kappa shape index (κ2) is 7.31. The topological polar surface area (TPSA) is 92.5 Å². The van der Waals surface area contributed by atoms with Crippen LogP contribution >= 0.6 is 15.9 Å². The van der Waals surface area contributed by atoms with Gasteiger partial charge in [0.15, 0.2) is 0 Å². The molecule has 0 saturated carbocycles. The van der Waals surface area contributed by atoms with Gasteiger partial charge in [-0.1, -0.05) is 15.9 Å². The molecule has 4 aliphatic rings. The summed E-state index contributed by atoms with van der Waals surface area (Å²) in [5, 5.41) is 10.5. The van der Waals surface area contributed by atoms with Crippen LogP contribution in [0, 0.1) is 0 Å². The Hall–Kier alpha value is -2.81. The highest BCUT2D eigenvalue weighted by Gasteiger charge is 2.43. The zero-order chi connectivity index (χ0) is 19.8. The predicted octanol–water partition coefficient (Wildman–Crippen LogP) is 1.72. The van der Waals surface area contributed by atoms with Crippen molar-refractivity contribution in [2.24, 2.45) is 0 Å². The number of Topliss-reactive ketones (excluding diaryl/α,β-unsaturated/α-hetero) is 1. The highest BCUT2D eigenvalue weighted by Crippen LogP contribution is 2.33. The van der Waals surface area contributed by atoms with Crippen molar-refractivity contribution in [3.05, 3.63) is 51.9 Å². The van der Waals surface area contributed by atoms with Gasteiger partial charge in [0.05, 0.1) is 5.70 Å². The fourth-order valence-electron chi connectivity index (χ4n) is 2.93. The third-order valence-corrected chi connectivity index (χ3v) is 5.11. The molecule has 0 atom stereocenters. The van der Waals surface area contributed by atoms with Crippen LogP contribution in [-0.2, 0) is 9.59 Å².